The minimum atomic E-state index is 0.00967. The zero-order valence-electron chi connectivity index (χ0n) is 13.5. The van der Waals surface area contributed by atoms with Crippen molar-refractivity contribution >= 4 is 28.8 Å². The molecule has 2 aromatic rings. The van der Waals surface area contributed by atoms with Gasteiger partial charge in [-0.3, -0.25) is 4.79 Å². The molecular weight excluding hydrogens is 322 g/mol. The van der Waals surface area contributed by atoms with Gasteiger partial charge < -0.3 is 9.80 Å². The van der Waals surface area contributed by atoms with E-state index in [0.717, 1.165) is 42.6 Å². The molecule has 4 nitrogen and oxygen atoms in total. The average Bonchev–Trinajstić information content (AvgIpc) is 2.61. The van der Waals surface area contributed by atoms with Crippen LogP contribution in [0.1, 0.15) is 22.8 Å². The normalized spacial score (nSPS) is 14.4. The third kappa shape index (κ3) is 3.22. The summed E-state index contributed by atoms with van der Waals surface area (Å²) in [4.78, 5) is 16.0. The molecule has 0 saturated carbocycles. The summed E-state index contributed by atoms with van der Waals surface area (Å²) in [5.41, 5.74) is 3.12. The zero-order chi connectivity index (χ0) is 17.1. The second-order valence-corrected chi connectivity index (χ2v) is 6.23. The quantitative estimate of drug-likeness (QED) is 0.799. The number of carbonyl (C=O) groups is 1. The molecule has 3 rings (SSSR count). The SMILES string of the molecule is CC(=O)c1ccc(C#N)c(N2CCN(c3ccccc3Cl)CC2)c1. The molecular formula is C19H18ClN3O. The number of piperazine rings is 1. The van der Waals surface area contributed by atoms with Gasteiger partial charge in [0.1, 0.15) is 6.07 Å². The molecule has 0 aromatic heterocycles. The lowest BCUT2D eigenvalue weighted by Gasteiger charge is -2.38. The predicted molar refractivity (Wildman–Crippen MR) is 97.0 cm³/mol. The van der Waals surface area contributed by atoms with Gasteiger partial charge in [0.2, 0.25) is 0 Å². The van der Waals surface area contributed by atoms with Crippen molar-refractivity contribution in [2.24, 2.45) is 0 Å². The third-order valence-corrected chi connectivity index (χ3v) is 4.66. The molecule has 1 fully saturated rings. The lowest BCUT2D eigenvalue weighted by atomic mass is 10.1. The summed E-state index contributed by atoms with van der Waals surface area (Å²) < 4.78 is 0. The highest BCUT2D eigenvalue weighted by Crippen LogP contribution is 2.28. The van der Waals surface area contributed by atoms with Gasteiger partial charge in [0, 0.05) is 31.7 Å². The first-order valence-electron chi connectivity index (χ1n) is 7.89. The third-order valence-electron chi connectivity index (χ3n) is 4.34. The molecule has 2 aromatic carbocycles. The van der Waals surface area contributed by atoms with E-state index in [-0.39, 0.29) is 5.78 Å². The van der Waals surface area contributed by atoms with E-state index in [1.807, 2.05) is 30.3 Å². The van der Waals surface area contributed by atoms with E-state index < -0.39 is 0 Å². The van der Waals surface area contributed by atoms with E-state index in [2.05, 4.69) is 15.9 Å². The van der Waals surface area contributed by atoms with Crippen molar-refractivity contribution in [1.29, 1.82) is 5.26 Å². The molecule has 1 saturated heterocycles. The van der Waals surface area contributed by atoms with Gasteiger partial charge >= 0.3 is 0 Å². The Morgan fingerprint density at radius 2 is 1.67 bits per heavy atom. The van der Waals surface area contributed by atoms with Crippen molar-refractivity contribution < 1.29 is 4.79 Å². The molecule has 0 radical (unpaired) electrons. The Morgan fingerprint density at radius 1 is 1.04 bits per heavy atom. The van der Waals surface area contributed by atoms with Crippen molar-refractivity contribution in [3.63, 3.8) is 0 Å². The Morgan fingerprint density at radius 3 is 2.25 bits per heavy atom. The van der Waals surface area contributed by atoms with E-state index >= 15 is 0 Å². The van der Waals surface area contributed by atoms with Crippen LogP contribution in [0.5, 0.6) is 0 Å². The van der Waals surface area contributed by atoms with E-state index in [0.29, 0.717) is 11.1 Å². The largest absolute Gasteiger partial charge is 0.367 e. The number of ketones is 1. The highest BCUT2D eigenvalue weighted by Gasteiger charge is 2.21. The van der Waals surface area contributed by atoms with E-state index in [1.54, 1.807) is 19.1 Å². The Kier molecular flexibility index (Phi) is 4.73. The maximum atomic E-state index is 11.6. The van der Waals surface area contributed by atoms with Crippen LogP contribution < -0.4 is 9.80 Å². The average molecular weight is 340 g/mol. The number of Topliss-reactive ketones (excluding diaryl/α,β-unsaturated/α-hetero) is 1. The molecule has 0 unspecified atom stereocenters. The Labute approximate surface area is 146 Å². The first-order chi connectivity index (χ1) is 11.6. The summed E-state index contributed by atoms with van der Waals surface area (Å²) in [6.45, 7) is 4.74. The van der Waals surface area contributed by atoms with Gasteiger partial charge in [0.25, 0.3) is 0 Å². The number of anilines is 2. The predicted octanol–water partition coefficient (Wildman–Crippen LogP) is 3.74. The van der Waals surface area contributed by atoms with Gasteiger partial charge in [0.15, 0.2) is 5.78 Å². The van der Waals surface area contributed by atoms with Crippen LogP contribution in [0.2, 0.25) is 5.02 Å². The number of nitriles is 1. The van der Waals surface area contributed by atoms with Gasteiger partial charge in [-0.05, 0) is 37.3 Å². The number of rotatable bonds is 3. The molecule has 1 aliphatic heterocycles. The van der Waals surface area contributed by atoms with Crippen LogP contribution in [-0.2, 0) is 0 Å². The molecule has 122 valence electrons. The molecule has 1 aliphatic rings. The monoisotopic (exact) mass is 339 g/mol. The van der Waals surface area contributed by atoms with Crippen molar-refractivity contribution in [3.05, 3.63) is 58.6 Å². The Balaban J connectivity index is 1.80. The maximum Gasteiger partial charge on any atom is 0.159 e. The number of hydrogen-bond acceptors (Lipinski definition) is 4. The number of hydrogen-bond donors (Lipinski definition) is 0. The lowest BCUT2D eigenvalue weighted by molar-refractivity contribution is 0.101. The molecule has 0 N–H and O–H groups in total. The van der Waals surface area contributed by atoms with Crippen LogP contribution in [0, 0.1) is 11.3 Å². The Hall–Kier alpha value is -2.51. The molecule has 24 heavy (non-hydrogen) atoms. The summed E-state index contributed by atoms with van der Waals surface area (Å²) in [6.07, 6.45) is 0. The van der Waals surface area contributed by atoms with Crippen molar-refractivity contribution in [2.75, 3.05) is 36.0 Å². The van der Waals surface area contributed by atoms with E-state index in [9.17, 15) is 10.1 Å². The van der Waals surface area contributed by atoms with Crippen molar-refractivity contribution in [1.82, 2.24) is 0 Å². The van der Waals surface area contributed by atoms with Crippen molar-refractivity contribution in [3.8, 4) is 6.07 Å². The van der Waals surface area contributed by atoms with Crippen LogP contribution in [0.25, 0.3) is 0 Å². The molecule has 5 heteroatoms. The van der Waals surface area contributed by atoms with Crippen LogP contribution in [0.15, 0.2) is 42.5 Å². The van der Waals surface area contributed by atoms with Gasteiger partial charge in [-0.25, -0.2) is 0 Å². The van der Waals surface area contributed by atoms with Gasteiger partial charge in [-0.15, -0.1) is 0 Å². The maximum absolute atomic E-state index is 11.6. The summed E-state index contributed by atoms with van der Waals surface area (Å²) in [5.74, 6) is 0.00967. The van der Waals surface area contributed by atoms with E-state index in [1.165, 1.54) is 0 Å². The van der Waals surface area contributed by atoms with Crippen LogP contribution in [0.4, 0.5) is 11.4 Å². The van der Waals surface area contributed by atoms with Gasteiger partial charge in [0.05, 0.1) is 22.0 Å². The van der Waals surface area contributed by atoms with Gasteiger partial charge in [-0.1, -0.05) is 23.7 Å². The number of benzene rings is 2. The second-order valence-electron chi connectivity index (χ2n) is 5.83. The van der Waals surface area contributed by atoms with Crippen LogP contribution in [0.3, 0.4) is 0 Å². The zero-order valence-corrected chi connectivity index (χ0v) is 14.3. The number of nitrogens with zero attached hydrogens (tertiary/aromatic N) is 3. The highest BCUT2D eigenvalue weighted by atomic mass is 35.5. The topological polar surface area (TPSA) is 47.3 Å². The standard InChI is InChI=1S/C19H18ClN3O/c1-14(24)15-6-7-16(13-21)19(12-15)23-10-8-22(9-11-23)18-5-3-2-4-17(18)20/h2-7,12H,8-11H2,1H3. The van der Waals surface area contributed by atoms with E-state index in [4.69, 9.17) is 11.6 Å². The molecule has 0 spiro atoms. The first kappa shape index (κ1) is 16.4. The first-order valence-corrected chi connectivity index (χ1v) is 8.27. The summed E-state index contributed by atoms with van der Waals surface area (Å²) in [5, 5.41) is 10.1. The molecule has 0 aliphatic carbocycles. The molecule has 1 heterocycles. The fraction of sp³-hybridized carbons (Fsp3) is 0.263. The lowest BCUT2D eigenvalue weighted by Crippen LogP contribution is -2.46. The highest BCUT2D eigenvalue weighted by molar-refractivity contribution is 6.33. The fourth-order valence-electron chi connectivity index (χ4n) is 3.00. The van der Waals surface area contributed by atoms with Crippen LogP contribution >= 0.6 is 11.6 Å². The molecule has 0 atom stereocenters. The molecule has 0 amide bonds. The fourth-order valence-corrected chi connectivity index (χ4v) is 3.26. The van der Waals surface area contributed by atoms with Gasteiger partial charge in [-0.2, -0.15) is 5.26 Å². The smallest absolute Gasteiger partial charge is 0.159 e. The Bertz CT molecular complexity index is 804. The summed E-state index contributed by atoms with van der Waals surface area (Å²) in [6, 6.07) is 15.3. The summed E-state index contributed by atoms with van der Waals surface area (Å²) >= 11 is 6.28. The number of halogens is 1. The second kappa shape index (κ2) is 6.94. The number of carbonyl (C=O) groups excluding carboxylic acids is 1. The minimum absolute atomic E-state index is 0.00967. The van der Waals surface area contributed by atoms with Crippen molar-refractivity contribution in [2.45, 2.75) is 6.92 Å². The minimum Gasteiger partial charge on any atom is -0.367 e. The summed E-state index contributed by atoms with van der Waals surface area (Å²) in [7, 11) is 0. The van der Waals surface area contributed by atoms with Crippen LogP contribution in [-0.4, -0.2) is 32.0 Å². The number of para-hydroxylation sites is 1. The molecule has 0 bridgehead atoms.